The number of carbonyl (C=O) groups is 2. The molecule has 0 aliphatic heterocycles. The maximum Gasteiger partial charge on any atom is 0.324 e. The van der Waals surface area contributed by atoms with Crippen LogP contribution in [0, 0.1) is 16.0 Å². The fourth-order valence-corrected chi connectivity index (χ4v) is 4.94. The summed E-state index contributed by atoms with van der Waals surface area (Å²) in [5, 5.41) is 13.8. The Labute approximate surface area is 145 Å². The maximum absolute atomic E-state index is 12.3. The second kappa shape index (κ2) is 6.33. The molecule has 3 rings (SSSR count). The molecule has 1 atom stereocenters. The van der Waals surface area contributed by atoms with Gasteiger partial charge >= 0.3 is 5.00 Å². The zero-order valence-electron chi connectivity index (χ0n) is 12.8. The molecule has 3 N–H and O–H groups in total. The average Bonchev–Trinajstić information content (AvgIpc) is 3.10. The van der Waals surface area contributed by atoms with Gasteiger partial charge in [0.15, 0.2) is 0 Å². The fraction of sp³-hybridized carbons (Fsp3) is 0.333. The number of nitrogens with one attached hydrogen (secondary N) is 1. The van der Waals surface area contributed by atoms with Crippen molar-refractivity contribution in [3.05, 3.63) is 43.1 Å². The van der Waals surface area contributed by atoms with E-state index in [4.69, 9.17) is 5.73 Å². The number of hydrogen-bond donors (Lipinski definition) is 2. The van der Waals surface area contributed by atoms with Gasteiger partial charge in [0.25, 0.3) is 11.8 Å². The minimum absolute atomic E-state index is 0.102. The van der Waals surface area contributed by atoms with Crippen molar-refractivity contribution in [2.24, 2.45) is 11.7 Å². The minimum Gasteiger partial charge on any atom is -0.365 e. The lowest BCUT2D eigenvalue weighted by atomic mass is 9.88. The summed E-state index contributed by atoms with van der Waals surface area (Å²) in [5.41, 5.74) is 6.81. The number of hydrogen-bond acceptors (Lipinski definition) is 6. The first-order valence-electron chi connectivity index (χ1n) is 7.36. The standard InChI is InChI=1S/C15H15N3O4S2/c1-7-2-3-8-10(6-7)24-15(12(8)13(16)19)17-14(20)9-4-5-11(23-9)18(21)22/h4-5,7H,2-3,6H2,1H3,(H2,16,19)(H,17,20)/t7-/m1/s1. The number of amides is 2. The molecule has 0 fully saturated rings. The second-order valence-electron chi connectivity index (χ2n) is 5.77. The molecule has 126 valence electrons. The van der Waals surface area contributed by atoms with Crippen LogP contribution >= 0.6 is 22.7 Å². The van der Waals surface area contributed by atoms with E-state index in [-0.39, 0.29) is 9.88 Å². The zero-order chi connectivity index (χ0) is 17.4. The number of fused-ring (bicyclic) bond motifs is 1. The Kier molecular flexibility index (Phi) is 4.37. The number of anilines is 1. The molecule has 7 nitrogen and oxygen atoms in total. The third-order valence-electron chi connectivity index (χ3n) is 3.98. The van der Waals surface area contributed by atoms with E-state index in [0.717, 1.165) is 41.0 Å². The molecular formula is C15H15N3O4S2. The highest BCUT2D eigenvalue weighted by atomic mass is 32.1. The number of primary amides is 1. The fourth-order valence-electron chi connectivity index (χ4n) is 2.81. The highest BCUT2D eigenvalue weighted by molar-refractivity contribution is 7.18. The normalized spacial score (nSPS) is 16.5. The smallest absolute Gasteiger partial charge is 0.324 e. The molecule has 2 aromatic rings. The topological polar surface area (TPSA) is 115 Å². The molecule has 24 heavy (non-hydrogen) atoms. The van der Waals surface area contributed by atoms with Crippen LogP contribution in [0.5, 0.6) is 0 Å². The van der Waals surface area contributed by atoms with Crippen molar-refractivity contribution in [2.45, 2.75) is 26.2 Å². The van der Waals surface area contributed by atoms with E-state index in [0.29, 0.717) is 16.5 Å². The van der Waals surface area contributed by atoms with Crippen molar-refractivity contribution in [1.29, 1.82) is 0 Å². The predicted octanol–water partition coefficient (Wildman–Crippen LogP) is 3.19. The lowest BCUT2D eigenvalue weighted by molar-refractivity contribution is -0.380. The van der Waals surface area contributed by atoms with Crippen LogP contribution in [0.2, 0.25) is 0 Å². The summed E-state index contributed by atoms with van der Waals surface area (Å²) in [5.74, 6) is -0.503. The molecule has 9 heteroatoms. The molecular weight excluding hydrogens is 350 g/mol. The maximum atomic E-state index is 12.3. The lowest BCUT2D eigenvalue weighted by Gasteiger charge is -2.18. The summed E-state index contributed by atoms with van der Waals surface area (Å²) in [6, 6.07) is 2.69. The van der Waals surface area contributed by atoms with E-state index >= 15 is 0 Å². The third-order valence-corrected chi connectivity index (χ3v) is 6.19. The number of thiophene rings is 2. The van der Waals surface area contributed by atoms with Gasteiger partial charge in [-0.05, 0) is 36.8 Å². The van der Waals surface area contributed by atoms with E-state index in [1.807, 2.05) is 0 Å². The molecule has 0 aromatic carbocycles. The highest BCUT2D eigenvalue weighted by Gasteiger charge is 2.27. The van der Waals surface area contributed by atoms with Gasteiger partial charge in [-0.25, -0.2) is 0 Å². The summed E-state index contributed by atoms with van der Waals surface area (Å²) >= 11 is 2.16. The molecule has 0 saturated heterocycles. The van der Waals surface area contributed by atoms with Crippen molar-refractivity contribution in [1.82, 2.24) is 0 Å². The van der Waals surface area contributed by atoms with Crippen LogP contribution in [0.4, 0.5) is 10.0 Å². The average molecular weight is 365 g/mol. The molecule has 0 bridgehead atoms. The predicted molar refractivity (Wildman–Crippen MR) is 93.0 cm³/mol. The number of nitrogens with two attached hydrogens (primary N) is 1. The summed E-state index contributed by atoms with van der Waals surface area (Å²) < 4.78 is 0. The van der Waals surface area contributed by atoms with Crippen molar-refractivity contribution in [3.63, 3.8) is 0 Å². The number of rotatable bonds is 4. The van der Waals surface area contributed by atoms with Crippen LogP contribution in [0.25, 0.3) is 0 Å². The lowest BCUT2D eigenvalue weighted by Crippen LogP contribution is -2.19. The van der Waals surface area contributed by atoms with Crippen LogP contribution in [-0.2, 0) is 12.8 Å². The molecule has 0 unspecified atom stereocenters. The summed E-state index contributed by atoms with van der Waals surface area (Å²) in [4.78, 5) is 35.7. The van der Waals surface area contributed by atoms with Gasteiger partial charge < -0.3 is 11.1 Å². The van der Waals surface area contributed by atoms with Crippen LogP contribution in [0.3, 0.4) is 0 Å². The third kappa shape index (κ3) is 3.04. The molecule has 2 aromatic heterocycles. The Morgan fingerprint density at radius 2 is 2.12 bits per heavy atom. The Hall–Kier alpha value is -2.26. The van der Waals surface area contributed by atoms with E-state index in [1.165, 1.54) is 23.5 Å². The van der Waals surface area contributed by atoms with Gasteiger partial charge in [-0.3, -0.25) is 19.7 Å². The quantitative estimate of drug-likeness (QED) is 0.639. The van der Waals surface area contributed by atoms with Crippen molar-refractivity contribution in [2.75, 3.05) is 5.32 Å². The van der Waals surface area contributed by atoms with Crippen molar-refractivity contribution in [3.8, 4) is 0 Å². The molecule has 0 spiro atoms. The van der Waals surface area contributed by atoms with Crippen LogP contribution in [-0.4, -0.2) is 16.7 Å². The summed E-state index contributed by atoms with van der Waals surface area (Å²) in [7, 11) is 0. The number of nitro groups is 1. The molecule has 0 radical (unpaired) electrons. The zero-order valence-corrected chi connectivity index (χ0v) is 14.5. The number of nitrogens with zero attached hydrogens (tertiary/aromatic N) is 1. The summed E-state index contributed by atoms with van der Waals surface area (Å²) in [6.07, 6.45) is 2.61. The monoisotopic (exact) mass is 365 g/mol. The minimum atomic E-state index is -0.561. The molecule has 2 heterocycles. The van der Waals surface area contributed by atoms with Gasteiger partial charge in [0, 0.05) is 10.9 Å². The molecule has 1 aliphatic rings. The molecule has 0 saturated carbocycles. The van der Waals surface area contributed by atoms with Crippen LogP contribution in [0.15, 0.2) is 12.1 Å². The van der Waals surface area contributed by atoms with Crippen LogP contribution in [0.1, 0.15) is 43.8 Å². The Bertz CT molecular complexity index is 840. The van der Waals surface area contributed by atoms with Gasteiger partial charge in [0.2, 0.25) is 0 Å². The van der Waals surface area contributed by atoms with Gasteiger partial charge in [-0.15, -0.1) is 11.3 Å². The SMILES string of the molecule is C[C@@H]1CCc2c(sc(NC(=O)c3ccc([N+](=O)[O-])s3)c2C(N)=O)C1. The van der Waals surface area contributed by atoms with Crippen molar-refractivity contribution < 1.29 is 14.5 Å². The largest absolute Gasteiger partial charge is 0.365 e. The van der Waals surface area contributed by atoms with Gasteiger partial charge in [-0.2, -0.15) is 0 Å². The van der Waals surface area contributed by atoms with E-state index in [2.05, 4.69) is 12.2 Å². The first-order valence-corrected chi connectivity index (χ1v) is 9.00. The summed E-state index contributed by atoms with van der Waals surface area (Å²) in [6.45, 7) is 2.15. The Morgan fingerprint density at radius 1 is 1.38 bits per heavy atom. The van der Waals surface area contributed by atoms with E-state index in [9.17, 15) is 19.7 Å². The Balaban J connectivity index is 1.90. The number of carbonyl (C=O) groups excluding carboxylic acids is 2. The first kappa shape index (κ1) is 16.6. The van der Waals surface area contributed by atoms with Crippen LogP contribution < -0.4 is 11.1 Å². The second-order valence-corrected chi connectivity index (χ2v) is 7.94. The van der Waals surface area contributed by atoms with E-state index < -0.39 is 16.7 Å². The highest BCUT2D eigenvalue weighted by Crippen LogP contribution is 2.39. The first-order chi connectivity index (χ1) is 11.4. The van der Waals surface area contributed by atoms with Crippen molar-refractivity contribution >= 4 is 44.5 Å². The Morgan fingerprint density at radius 3 is 2.75 bits per heavy atom. The molecule has 2 amide bonds. The van der Waals surface area contributed by atoms with Gasteiger partial charge in [-0.1, -0.05) is 18.3 Å². The molecule has 1 aliphatic carbocycles. The van der Waals surface area contributed by atoms with Gasteiger partial charge in [0.05, 0.1) is 15.4 Å². The van der Waals surface area contributed by atoms with Gasteiger partial charge in [0.1, 0.15) is 5.00 Å². The van der Waals surface area contributed by atoms with E-state index in [1.54, 1.807) is 0 Å².